The third kappa shape index (κ3) is 7.59. The van der Waals surface area contributed by atoms with Gasteiger partial charge in [-0.3, -0.25) is 0 Å². The fourth-order valence-electron chi connectivity index (χ4n) is 4.97. The van der Waals surface area contributed by atoms with E-state index in [0.29, 0.717) is 11.3 Å². The minimum Gasteiger partial charge on any atom is -0.0955 e. The maximum absolute atomic E-state index is 3.86. The standard InChI is InChI=1S/C22H32.C10H12.C2H6/c1-6-10-21-19(7-2)20(15-16-22(21,8-3)9-4)18-13-11-17(5)12-14-18;1-8(2)10-6-4-9(3)5-7-10;1-2/h10-15,19H,6-9,16H2,1-5H3;4-7H,1H2,2-3H3;1-2H3/b21-10-;;. The van der Waals surface area contributed by atoms with E-state index in [-0.39, 0.29) is 0 Å². The van der Waals surface area contributed by atoms with E-state index < -0.39 is 0 Å². The summed E-state index contributed by atoms with van der Waals surface area (Å²) in [6.07, 6.45) is 11.1. The van der Waals surface area contributed by atoms with Crippen molar-refractivity contribution in [2.75, 3.05) is 0 Å². The Morgan fingerprint density at radius 3 is 1.79 bits per heavy atom. The molecule has 0 N–H and O–H groups in total. The summed E-state index contributed by atoms with van der Waals surface area (Å²) in [6.45, 7) is 23.5. The van der Waals surface area contributed by atoms with Crippen LogP contribution in [-0.4, -0.2) is 0 Å². The maximum atomic E-state index is 3.86. The van der Waals surface area contributed by atoms with Crippen molar-refractivity contribution in [2.24, 2.45) is 11.3 Å². The van der Waals surface area contributed by atoms with Gasteiger partial charge in [0, 0.05) is 5.92 Å². The molecule has 0 heterocycles. The second kappa shape index (κ2) is 14.8. The van der Waals surface area contributed by atoms with Gasteiger partial charge in [0.1, 0.15) is 0 Å². The molecule has 1 atom stereocenters. The summed E-state index contributed by atoms with van der Waals surface area (Å²) in [6, 6.07) is 17.5. The van der Waals surface area contributed by atoms with Crippen LogP contribution in [0.5, 0.6) is 0 Å². The number of aryl methyl sites for hydroxylation is 2. The van der Waals surface area contributed by atoms with Gasteiger partial charge in [-0.05, 0) is 75.0 Å². The summed E-state index contributed by atoms with van der Waals surface area (Å²) in [5, 5.41) is 0. The summed E-state index contributed by atoms with van der Waals surface area (Å²) in [5.74, 6) is 0.594. The molecule has 0 aliphatic heterocycles. The zero-order chi connectivity index (χ0) is 25.7. The third-order valence-electron chi connectivity index (χ3n) is 7.19. The van der Waals surface area contributed by atoms with Crippen molar-refractivity contribution < 1.29 is 0 Å². The summed E-state index contributed by atoms with van der Waals surface area (Å²) in [4.78, 5) is 0. The quantitative estimate of drug-likeness (QED) is 0.377. The van der Waals surface area contributed by atoms with Crippen molar-refractivity contribution in [3.8, 4) is 0 Å². The van der Waals surface area contributed by atoms with Gasteiger partial charge in [-0.2, -0.15) is 0 Å². The largest absolute Gasteiger partial charge is 0.0955 e. The highest BCUT2D eigenvalue weighted by Gasteiger charge is 2.38. The highest BCUT2D eigenvalue weighted by molar-refractivity contribution is 5.72. The minimum atomic E-state index is 0.394. The monoisotopic (exact) mass is 458 g/mol. The Bertz CT molecular complexity index is 915. The van der Waals surface area contributed by atoms with Gasteiger partial charge < -0.3 is 0 Å². The van der Waals surface area contributed by atoms with Crippen LogP contribution in [0.3, 0.4) is 0 Å². The van der Waals surface area contributed by atoms with Crippen LogP contribution >= 0.6 is 0 Å². The fourth-order valence-corrected chi connectivity index (χ4v) is 4.97. The van der Waals surface area contributed by atoms with Crippen LogP contribution in [0.1, 0.15) is 103 Å². The highest BCUT2D eigenvalue weighted by Crippen LogP contribution is 2.51. The molecule has 0 fully saturated rings. The molecule has 34 heavy (non-hydrogen) atoms. The van der Waals surface area contributed by atoms with E-state index in [4.69, 9.17) is 0 Å². The first-order valence-corrected chi connectivity index (χ1v) is 13.5. The molecule has 2 aromatic carbocycles. The van der Waals surface area contributed by atoms with Gasteiger partial charge in [-0.15, -0.1) is 0 Å². The summed E-state index contributed by atoms with van der Waals surface area (Å²) < 4.78 is 0. The van der Waals surface area contributed by atoms with E-state index >= 15 is 0 Å². The van der Waals surface area contributed by atoms with Crippen LogP contribution in [-0.2, 0) is 0 Å². The first kappa shape index (κ1) is 29.7. The van der Waals surface area contributed by atoms with Gasteiger partial charge in [0.15, 0.2) is 0 Å². The number of allylic oxidation sites excluding steroid dienone is 5. The molecule has 0 nitrogen and oxygen atoms in total. The van der Waals surface area contributed by atoms with E-state index in [0.717, 1.165) is 12.0 Å². The SMILES string of the molecule is C=C(C)c1ccc(C)cc1.CC.CC/C=C1/C(CC)C(c2ccc(C)cc2)=CCC1(CC)CC. The summed E-state index contributed by atoms with van der Waals surface area (Å²) in [7, 11) is 0. The number of hydrogen-bond donors (Lipinski definition) is 0. The predicted octanol–water partition coefficient (Wildman–Crippen LogP) is 11.0. The van der Waals surface area contributed by atoms with Gasteiger partial charge in [0.25, 0.3) is 0 Å². The molecule has 186 valence electrons. The van der Waals surface area contributed by atoms with E-state index in [1.54, 1.807) is 11.1 Å². The molecule has 0 heteroatoms. The maximum Gasteiger partial charge on any atom is 0.00539 e. The van der Waals surface area contributed by atoms with Crippen molar-refractivity contribution in [2.45, 2.75) is 94.4 Å². The first-order valence-electron chi connectivity index (χ1n) is 13.5. The van der Waals surface area contributed by atoms with Gasteiger partial charge in [-0.25, -0.2) is 0 Å². The lowest BCUT2D eigenvalue weighted by molar-refractivity contribution is 0.296. The molecular weight excluding hydrogens is 408 g/mol. The Balaban J connectivity index is 0.000000402. The molecule has 1 aliphatic rings. The lowest BCUT2D eigenvalue weighted by Gasteiger charge is -2.43. The number of benzene rings is 2. The zero-order valence-electron chi connectivity index (χ0n) is 23.6. The minimum absolute atomic E-state index is 0.394. The van der Waals surface area contributed by atoms with Gasteiger partial charge in [0.05, 0.1) is 0 Å². The molecular formula is C34H50. The van der Waals surface area contributed by atoms with Crippen molar-refractivity contribution in [3.63, 3.8) is 0 Å². The second-order valence-electron chi connectivity index (χ2n) is 9.39. The van der Waals surface area contributed by atoms with Crippen LogP contribution < -0.4 is 0 Å². The Labute approximate surface area is 211 Å². The lowest BCUT2D eigenvalue weighted by Crippen LogP contribution is -2.30. The van der Waals surface area contributed by atoms with E-state index in [1.807, 2.05) is 20.8 Å². The van der Waals surface area contributed by atoms with Gasteiger partial charge >= 0.3 is 0 Å². The molecule has 0 amide bonds. The van der Waals surface area contributed by atoms with Crippen LogP contribution in [0.4, 0.5) is 0 Å². The number of rotatable bonds is 6. The second-order valence-corrected chi connectivity index (χ2v) is 9.39. The Morgan fingerprint density at radius 2 is 1.38 bits per heavy atom. The third-order valence-corrected chi connectivity index (χ3v) is 7.19. The summed E-state index contributed by atoms with van der Waals surface area (Å²) >= 11 is 0. The zero-order valence-corrected chi connectivity index (χ0v) is 23.6. The number of hydrogen-bond acceptors (Lipinski definition) is 0. The lowest BCUT2D eigenvalue weighted by atomic mass is 9.61. The molecule has 3 rings (SSSR count). The average molecular weight is 459 g/mol. The van der Waals surface area contributed by atoms with Crippen LogP contribution in [0.15, 0.2) is 72.8 Å². The Hall–Kier alpha value is -2.34. The molecule has 1 unspecified atom stereocenters. The Morgan fingerprint density at radius 1 is 0.882 bits per heavy atom. The molecule has 0 saturated carbocycles. The predicted molar refractivity (Wildman–Crippen MR) is 156 cm³/mol. The average Bonchev–Trinajstić information content (AvgIpc) is 2.86. The Kier molecular flexibility index (Phi) is 12.9. The van der Waals surface area contributed by atoms with E-state index in [1.165, 1.54) is 47.9 Å². The molecule has 0 spiro atoms. The molecule has 2 aromatic rings. The summed E-state index contributed by atoms with van der Waals surface area (Å²) in [5.41, 5.74) is 10.1. The van der Waals surface area contributed by atoms with Crippen molar-refractivity contribution in [3.05, 3.63) is 95.1 Å². The smallest absolute Gasteiger partial charge is 0.00539 e. The van der Waals surface area contributed by atoms with E-state index in [2.05, 4.69) is 109 Å². The van der Waals surface area contributed by atoms with Gasteiger partial charge in [-0.1, -0.05) is 131 Å². The molecule has 0 saturated heterocycles. The van der Waals surface area contributed by atoms with Crippen molar-refractivity contribution in [1.29, 1.82) is 0 Å². The van der Waals surface area contributed by atoms with Crippen LogP contribution in [0.2, 0.25) is 0 Å². The topological polar surface area (TPSA) is 0 Å². The fraction of sp³-hybridized carbons (Fsp3) is 0.471. The van der Waals surface area contributed by atoms with Crippen LogP contribution in [0.25, 0.3) is 11.1 Å². The van der Waals surface area contributed by atoms with E-state index in [9.17, 15) is 0 Å². The molecule has 0 bridgehead atoms. The van der Waals surface area contributed by atoms with Gasteiger partial charge in [0.2, 0.25) is 0 Å². The first-order chi connectivity index (χ1) is 16.3. The molecule has 0 radical (unpaired) electrons. The molecule has 1 aliphatic carbocycles. The van der Waals surface area contributed by atoms with Crippen LogP contribution in [0, 0.1) is 25.2 Å². The highest BCUT2D eigenvalue weighted by atomic mass is 14.4. The normalized spacial score (nSPS) is 17.6. The van der Waals surface area contributed by atoms with Crippen molar-refractivity contribution >= 4 is 11.1 Å². The van der Waals surface area contributed by atoms with Crippen molar-refractivity contribution in [1.82, 2.24) is 0 Å². The molecule has 0 aromatic heterocycles.